The van der Waals surface area contributed by atoms with Crippen LogP contribution < -0.4 is 5.56 Å². The van der Waals surface area contributed by atoms with Crippen LogP contribution in [0.1, 0.15) is 23.8 Å². The molecular formula is C15H17N3O4. The molecule has 2 atom stereocenters. The molecular weight excluding hydrogens is 286 g/mol. The number of piperidine rings is 1. The van der Waals surface area contributed by atoms with Gasteiger partial charge in [0.2, 0.25) is 0 Å². The van der Waals surface area contributed by atoms with Crippen LogP contribution in [0.15, 0.2) is 29.1 Å². The van der Waals surface area contributed by atoms with Crippen LogP contribution >= 0.6 is 0 Å². The molecule has 1 aliphatic heterocycles. The van der Waals surface area contributed by atoms with Crippen molar-refractivity contribution in [2.75, 3.05) is 13.1 Å². The van der Waals surface area contributed by atoms with E-state index in [9.17, 15) is 19.8 Å². The third-order valence-electron chi connectivity index (χ3n) is 4.09. The first-order valence-corrected chi connectivity index (χ1v) is 7.07. The summed E-state index contributed by atoms with van der Waals surface area (Å²) in [5.41, 5.74) is -0.899. The summed E-state index contributed by atoms with van der Waals surface area (Å²) in [5.74, 6) is -0.540. The van der Waals surface area contributed by atoms with E-state index in [0.29, 0.717) is 11.0 Å². The van der Waals surface area contributed by atoms with Gasteiger partial charge in [-0.05, 0) is 25.5 Å². The number of hydrogen-bond donors (Lipinski definition) is 3. The van der Waals surface area contributed by atoms with Gasteiger partial charge in [0.05, 0.1) is 22.7 Å². The number of aliphatic hydroxyl groups is 2. The van der Waals surface area contributed by atoms with E-state index in [-0.39, 0.29) is 25.2 Å². The molecule has 3 N–H and O–H groups in total. The molecule has 22 heavy (non-hydrogen) atoms. The smallest absolute Gasteiger partial charge is 0.280 e. The lowest BCUT2D eigenvalue weighted by Gasteiger charge is -2.39. The number of β-amino-alcohol motifs (C(OH)–C–C–N with tert-alkyl or cyclic N) is 1. The van der Waals surface area contributed by atoms with E-state index in [2.05, 4.69) is 9.97 Å². The zero-order valence-corrected chi connectivity index (χ0v) is 12.1. The molecule has 1 aromatic carbocycles. The number of fused-ring (bicyclic) bond motifs is 1. The van der Waals surface area contributed by atoms with Crippen LogP contribution in [0, 0.1) is 0 Å². The van der Waals surface area contributed by atoms with E-state index in [0.717, 1.165) is 0 Å². The number of benzene rings is 1. The second-order valence-corrected chi connectivity index (χ2v) is 5.81. The molecule has 3 rings (SSSR count). The first kappa shape index (κ1) is 14.7. The largest absolute Gasteiger partial charge is 0.388 e. The Morgan fingerprint density at radius 1 is 1.45 bits per heavy atom. The average Bonchev–Trinajstić information content (AvgIpc) is 2.48. The van der Waals surface area contributed by atoms with E-state index in [1.54, 1.807) is 24.3 Å². The van der Waals surface area contributed by atoms with Crippen molar-refractivity contribution in [3.8, 4) is 0 Å². The molecule has 1 fully saturated rings. The van der Waals surface area contributed by atoms with Crippen molar-refractivity contribution in [3.63, 3.8) is 0 Å². The molecule has 0 unspecified atom stereocenters. The van der Waals surface area contributed by atoms with Crippen molar-refractivity contribution < 1.29 is 15.0 Å². The highest BCUT2D eigenvalue weighted by molar-refractivity contribution is 5.93. The zero-order chi connectivity index (χ0) is 15.9. The number of aliphatic hydroxyl groups excluding tert-OH is 1. The number of nitrogens with one attached hydrogen (secondary N) is 1. The standard InChI is InChI=1S/C15H17N3O4/c1-15(22)6-7-18(8-11(15)19)14(21)12-13(20)17-10-5-3-2-4-9(10)16-12/h2-5,11,19,22H,6-8H2,1H3,(H,17,20)/t11-,15-/m1/s1. The lowest BCUT2D eigenvalue weighted by atomic mass is 9.90. The Balaban J connectivity index is 1.93. The Morgan fingerprint density at radius 3 is 2.91 bits per heavy atom. The van der Waals surface area contributed by atoms with Crippen molar-refractivity contribution >= 4 is 16.9 Å². The number of carbonyl (C=O) groups excluding carboxylic acids is 1. The molecule has 0 aliphatic carbocycles. The van der Waals surface area contributed by atoms with Gasteiger partial charge < -0.3 is 20.1 Å². The molecule has 1 saturated heterocycles. The third kappa shape index (κ3) is 2.49. The summed E-state index contributed by atoms with van der Waals surface area (Å²) in [7, 11) is 0. The van der Waals surface area contributed by atoms with Crippen LogP contribution in [0.2, 0.25) is 0 Å². The summed E-state index contributed by atoms with van der Waals surface area (Å²) < 4.78 is 0. The number of carbonyl (C=O) groups is 1. The van der Waals surface area contributed by atoms with Crippen LogP contribution in [0.4, 0.5) is 0 Å². The fourth-order valence-electron chi connectivity index (χ4n) is 2.53. The predicted molar refractivity (Wildman–Crippen MR) is 79.5 cm³/mol. The van der Waals surface area contributed by atoms with Crippen LogP contribution in [-0.2, 0) is 0 Å². The molecule has 7 heteroatoms. The van der Waals surface area contributed by atoms with Crippen LogP contribution in [0.5, 0.6) is 0 Å². The molecule has 0 spiro atoms. The maximum absolute atomic E-state index is 12.5. The number of aromatic amines is 1. The molecule has 7 nitrogen and oxygen atoms in total. The monoisotopic (exact) mass is 303 g/mol. The van der Waals surface area contributed by atoms with Crippen molar-refractivity contribution in [2.24, 2.45) is 0 Å². The molecule has 2 heterocycles. The number of hydrogen-bond acceptors (Lipinski definition) is 5. The number of likely N-dealkylation sites (tertiary alicyclic amines) is 1. The van der Waals surface area contributed by atoms with Gasteiger partial charge in [0, 0.05) is 13.1 Å². The second-order valence-electron chi connectivity index (χ2n) is 5.81. The minimum Gasteiger partial charge on any atom is -0.388 e. The number of para-hydroxylation sites is 2. The number of nitrogens with zero attached hydrogens (tertiary/aromatic N) is 2. The van der Waals surface area contributed by atoms with E-state index in [1.165, 1.54) is 11.8 Å². The van der Waals surface area contributed by atoms with Gasteiger partial charge in [-0.3, -0.25) is 9.59 Å². The molecule has 1 amide bonds. The SMILES string of the molecule is C[C@@]1(O)CCN(C(=O)c2nc3ccccc3[nH]c2=O)C[C@H]1O. The normalized spacial score (nSPS) is 25.4. The van der Waals surface area contributed by atoms with Crippen molar-refractivity contribution in [3.05, 3.63) is 40.3 Å². The van der Waals surface area contributed by atoms with E-state index in [1.807, 2.05) is 0 Å². The van der Waals surface area contributed by atoms with E-state index < -0.39 is 23.2 Å². The number of rotatable bonds is 1. The van der Waals surface area contributed by atoms with Crippen molar-refractivity contribution in [2.45, 2.75) is 25.0 Å². The lowest BCUT2D eigenvalue weighted by Crippen LogP contribution is -2.55. The van der Waals surface area contributed by atoms with Gasteiger partial charge in [-0.25, -0.2) is 4.98 Å². The fraction of sp³-hybridized carbons (Fsp3) is 0.400. The highest BCUT2D eigenvalue weighted by Gasteiger charge is 2.38. The summed E-state index contributed by atoms with van der Waals surface area (Å²) in [4.78, 5) is 32.6. The average molecular weight is 303 g/mol. The van der Waals surface area contributed by atoms with Gasteiger partial charge in [-0.2, -0.15) is 0 Å². The maximum atomic E-state index is 12.5. The van der Waals surface area contributed by atoms with Crippen LogP contribution in [-0.4, -0.2) is 55.8 Å². The highest BCUT2D eigenvalue weighted by Crippen LogP contribution is 2.22. The van der Waals surface area contributed by atoms with Gasteiger partial charge in [0.15, 0.2) is 5.69 Å². The van der Waals surface area contributed by atoms with E-state index in [4.69, 9.17) is 0 Å². The fourth-order valence-corrected chi connectivity index (χ4v) is 2.53. The molecule has 1 aliphatic rings. The second kappa shape index (κ2) is 5.19. The van der Waals surface area contributed by atoms with Crippen LogP contribution in [0.25, 0.3) is 11.0 Å². The summed E-state index contributed by atoms with van der Waals surface area (Å²) in [6, 6.07) is 6.95. The van der Waals surface area contributed by atoms with Gasteiger partial charge in [0.25, 0.3) is 11.5 Å². The van der Waals surface area contributed by atoms with Crippen molar-refractivity contribution in [1.82, 2.24) is 14.9 Å². The van der Waals surface area contributed by atoms with E-state index >= 15 is 0 Å². The van der Waals surface area contributed by atoms with Crippen molar-refractivity contribution in [1.29, 1.82) is 0 Å². The molecule has 0 radical (unpaired) electrons. The third-order valence-corrected chi connectivity index (χ3v) is 4.09. The summed E-state index contributed by atoms with van der Waals surface area (Å²) in [6.45, 7) is 1.76. The summed E-state index contributed by atoms with van der Waals surface area (Å²) >= 11 is 0. The topological polar surface area (TPSA) is 107 Å². The Hall–Kier alpha value is -2.25. The highest BCUT2D eigenvalue weighted by atomic mass is 16.3. The molecule has 1 aromatic heterocycles. The Morgan fingerprint density at radius 2 is 2.18 bits per heavy atom. The van der Waals surface area contributed by atoms with Gasteiger partial charge in [-0.15, -0.1) is 0 Å². The van der Waals surface area contributed by atoms with Gasteiger partial charge >= 0.3 is 0 Å². The molecule has 0 bridgehead atoms. The number of amides is 1. The maximum Gasteiger partial charge on any atom is 0.280 e. The Kier molecular flexibility index (Phi) is 3.46. The molecule has 116 valence electrons. The van der Waals surface area contributed by atoms with Gasteiger partial charge in [-0.1, -0.05) is 12.1 Å². The minimum atomic E-state index is -1.22. The molecule has 2 aromatic rings. The quantitative estimate of drug-likeness (QED) is 0.681. The predicted octanol–water partition coefficient (Wildman–Crippen LogP) is -0.119. The minimum absolute atomic E-state index is 0.0280. The summed E-state index contributed by atoms with van der Waals surface area (Å²) in [5, 5.41) is 19.8. The Bertz CT molecular complexity index is 784. The zero-order valence-electron chi connectivity index (χ0n) is 12.1. The lowest BCUT2D eigenvalue weighted by molar-refractivity contribution is -0.1000. The first-order valence-electron chi connectivity index (χ1n) is 7.07. The summed E-state index contributed by atoms with van der Waals surface area (Å²) in [6.07, 6.45) is -0.810. The first-order chi connectivity index (χ1) is 10.4. The number of H-pyrrole nitrogens is 1. The van der Waals surface area contributed by atoms with Gasteiger partial charge in [0.1, 0.15) is 0 Å². The molecule has 0 saturated carbocycles. The van der Waals surface area contributed by atoms with Crippen LogP contribution in [0.3, 0.4) is 0 Å². The number of aromatic nitrogens is 2. The Labute approximate surface area is 126 Å².